The smallest absolute Gasteiger partial charge is 0.339 e. The molecule has 1 amide bonds. The third kappa shape index (κ3) is 4.04. The summed E-state index contributed by atoms with van der Waals surface area (Å²) in [5.41, 5.74) is 5.49. The lowest BCUT2D eigenvalue weighted by Crippen LogP contribution is -2.31. The highest BCUT2D eigenvalue weighted by Gasteiger charge is 2.26. The van der Waals surface area contributed by atoms with Gasteiger partial charge in [-0.3, -0.25) is 14.5 Å². The van der Waals surface area contributed by atoms with Crippen LogP contribution in [0, 0.1) is 13.8 Å². The first-order chi connectivity index (χ1) is 14.9. The molecule has 4 rings (SSSR count). The number of aromatic nitrogens is 3. The Bertz CT molecular complexity index is 1170. The van der Waals surface area contributed by atoms with Crippen molar-refractivity contribution in [3.63, 3.8) is 0 Å². The van der Waals surface area contributed by atoms with Crippen molar-refractivity contribution in [3.8, 4) is 0 Å². The fourth-order valence-corrected chi connectivity index (χ4v) is 4.23. The summed E-state index contributed by atoms with van der Waals surface area (Å²) in [4.78, 5) is 30.9. The van der Waals surface area contributed by atoms with Crippen LogP contribution in [-0.4, -0.2) is 32.7 Å². The molecule has 7 nitrogen and oxygen atoms in total. The second-order valence-electron chi connectivity index (χ2n) is 8.20. The van der Waals surface area contributed by atoms with Gasteiger partial charge in [0.15, 0.2) is 6.10 Å². The molecule has 1 N–H and O–H groups in total. The minimum Gasteiger partial charge on any atom is -0.449 e. The molecule has 0 aliphatic heterocycles. The van der Waals surface area contributed by atoms with Crippen molar-refractivity contribution >= 4 is 28.5 Å². The summed E-state index contributed by atoms with van der Waals surface area (Å²) in [6, 6.07) is 7.63. The van der Waals surface area contributed by atoms with Crippen LogP contribution in [0.1, 0.15) is 59.2 Å². The van der Waals surface area contributed by atoms with Crippen LogP contribution >= 0.6 is 0 Å². The molecule has 1 aromatic carbocycles. The highest BCUT2D eigenvalue weighted by molar-refractivity contribution is 6.06. The number of aryl methyl sites for hydroxylation is 3. The van der Waals surface area contributed by atoms with E-state index in [1.807, 2.05) is 45.2 Å². The SMILES string of the molecule is Cc1nn(C)c(C)c1NC(=O)[C@@H](C)OC(=O)c1c2c(nc3ccccc13)CCCCC2. The molecule has 162 valence electrons. The number of nitrogens with zero attached hydrogens (tertiary/aromatic N) is 3. The van der Waals surface area contributed by atoms with Crippen LogP contribution in [-0.2, 0) is 29.4 Å². The molecular weight excluding hydrogens is 392 g/mol. The molecule has 1 atom stereocenters. The summed E-state index contributed by atoms with van der Waals surface area (Å²) in [5.74, 6) is -0.851. The van der Waals surface area contributed by atoms with Gasteiger partial charge >= 0.3 is 5.97 Å². The van der Waals surface area contributed by atoms with Gasteiger partial charge in [-0.05, 0) is 58.1 Å². The van der Waals surface area contributed by atoms with E-state index >= 15 is 0 Å². The molecule has 1 aliphatic rings. The van der Waals surface area contributed by atoms with Gasteiger partial charge in [0, 0.05) is 18.1 Å². The summed E-state index contributed by atoms with van der Waals surface area (Å²) in [6.45, 7) is 5.30. The van der Waals surface area contributed by atoms with Crippen LogP contribution < -0.4 is 5.32 Å². The zero-order valence-corrected chi connectivity index (χ0v) is 18.5. The van der Waals surface area contributed by atoms with Crippen molar-refractivity contribution in [1.82, 2.24) is 14.8 Å². The Morgan fingerprint density at radius 1 is 1.13 bits per heavy atom. The van der Waals surface area contributed by atoms with Crippen molar-refractivity contribution in [2.75, 3.05) is 5.32 Å². The molecule has 2 aromatic heterocycles. The molecular formula is C24H28N4O3. The van der Waals surface area contributed by atoms with Gasteiger partial charge in [0.2, 0.25) is 0 Å². The zero-order valence-electron chi connectivity index (χ0n) is 18.5. The van der Waals surface area contributed by atoms with Gasteiger partial charge in [0.05, 0.1) is 28.2 Å². The fraction of sp³-hybridized carbons (Fsp3) is 0.417. The maximum absolute atomic E-state index is 13.3. The fourth-order valence-electron chi connectivity index (χ4n) is 4.23. The number of ether oxygens (including phenoxy) is 1. The number of pyridine rings is 1. The lowest BCUT2D eigenvalue weighted by atomic mass is 9.97. The van der Waals surface area contributed by atoms with Gasteiger partial charge in [-0.2, -0.15) is 5.10 Å². The maximum atomic E-state index is 13.3. The minimum atomic E-state index is -0.945. The molecule has 0 spiro atoms. The Balaban J connectivity index is 1.62. The summed E-state index contributed by atoms with van der Waals surface area (Å²) in [5, 5.41) is 7.94. The van der Waals surface area contributed by atoms with Crippen LogP contribution in [0.5, 0.6) is 0 Å². The Morgan fingerprint density at radius 2 is 1.87 bits per heavy atom. The monoisotopic (exact) mass is 420 g/mol. The van der Waals surface area contributed by atoms with Gasteiger partial charge < -0.3 is 10.1 Å². The van der Waals surface area contributed by atoms with Gasteiger partial charge in [-0.15, -0.1) is 0 Å². The molecule has 0 saturated carbocycles. The maximum Gasteiger partial charge on any atom is 0.339 e. The van der Waals surface area contributed by atoms with Crippen molar-refractivity contribution in [1.29, 1.82) is 0 Å². The van der Waals surface area contributed by atoms with E-state index in [-0.39, 0.29) is 5.91 Å². The van der Waals surface area contributed by atoms with Gasteiger partial charge in [0.1, 0.15) is 0 Å². The average molecular weight is 421 g/mol. The second-order valence-corrected chi connectivity index (χ2v) is 8.20. The van der Waals surface area contributed by atoms with E-state index in [0.29, 0.717) is 11.3 Å². The third-order valence-electron chi connectivity index (χ3n) is 6.03. The number of nitrogens with one attached hydrogen (secondary N) is 1. The van der Waals surface area contributed by atoms with Crippen molar-refractivity contribution in [2.24, 2.45) is 7.05 Å². The summed E-state index contributed by atoms with van der Waals surface area (Å²) >= 11 is 0. The van der Waals surface area contributed by atoms with E-state index in [0.717, 1.165) is 65.7 Å². The third-order valence-corrected chi connectivity index (χ3v) is 6.03. The van der Waals surface area contributed by atoms with Gasteiger partial charge in [-0.25, -0.2) is 4.79 Å². The summed E-state index contributed by atoms with van der Waals surface area (Å²) in [6.07, 6.45) is 3.91. The molecule has 0 bridgehead atoms. The number of rotatable bonds is 4. The lowest BCUT2D eigenvalue weighted by Gasteiger charge is -2.18. The number of fused-ring (bicyclic) bond motifs is 2. The number of carbonyl (C=O) groups excluding carboxylic acids is 2. The average Bonchev–Trinajstić information content (AvgIpc) is 2.91. The van der Waals surface area contributed by atoms with E-state index < -0.39 is 12.1 Å². The lowest BCUT2D eigenvalue weighted by molar-refractivity contribution is -0.123. The number of hydrogen-bond acceptors (Lipinski definition) is 5. The predicted octanol–water partition coefficient (Wildman–Crippen LogP) is 4.04. The molecule has 31 heavy (non-hydrogen) atoms. The first kappa shape index (κ1) is 21.0. The molecule has 1 aliphatic carbocycles. The van der Waals surface area contributed by atoms with Gasteiger partial charge in [0.25, 0.3) is 5.91 Å². The summed E-state index contributed by atoms with van der Waals surface area (Å²) < 4.78 is 7.37. The van der Waals surface area contributed by atoms with Crippen LogP contribution in [0.2, 0.25) is 0 Å². The Morgan fingerprint density at radius 3 is 2.61 bits per heavy atom. The molecule has 0 saturated heterocycles. The number of anilines is 1. The number of benzene rings is 1. The topological polar surface area (TPSA) is 86.1 Å². The van der Waals surface area contributed by atoms with Crippen LogP contribution in [0.15, 0.2) is 24.3 Å². The van der Waals surface area contributed by atoms with Crippen molar-refractivity contribution < 1.29 is 14.3 Å². The first-order valence-electron chi connectivity index (χ1n) is 10.8. The van der Waals surface area contributed by atoms with E-state index in [1.54, 1.807) is 11.6 Å². The van der Waals surface area contributed by atoms with Crippen LogP contribution in [0.3, 0.4) is 0 Å². The first-order valence-corrected chi connectivity index (χ1v) is 10.8. The molecule has 0 fully saturated rings. The Hall–Kier alpha value is -3.22. The second kappa shape index (κ2) is 8.49. The largest absolute Gasteiger partial charge is 0.449 e. The molecule has 2 heterocycles. The molecule has 7 heteroatoms. The molecule has 0 unspecified atom stereocenters. The molecule has 3 aromatic rings. The zero-order chi connectivity index (χ0) is 22.1. The highest BCUT2D eigenvalue weighted by Crippen LogP contribution is 2.29. The number of hydrogen-bond donors (Lipinski definition) is 1. The van der Waals surface area contributed by atoms with Crippen molar-refractivity contribution in [3.05, 3.63) is 52.5 Å². The van der Waals surface area contributed by atoms with Crippen LogP contribution in [0.4, 0.5) is 5.69 Å². The number of para-hydroxylation sites is 1. The predicted molar refractivity (Wildman–Crippen MR) is 119 cm³/mol. The Kier molecular flexibility index (Phi) is 5.76. The quantitative estimate of drug-likeness (QED) is 0.509. The Labute approximate surface area is 181 Å². The van der Waals surface area contributed by atoms with E-state index in [1.165, 1.54) is 0 Å². The number of esters is 1. The van der Waals surface area contributed by atoms with E-state index in [2.05, 4.69) is 10.4 Å². The summed E-state index contributed by atoms with van der Waals surface area (Å²) in [7, 11) is 1.82. The van der Waals surface area contributed by atoms with Gasteiger partial charge in [-0.1, -0.05) is 24.6 Å². The minimum absolute atomic E-state index is 0.378. The number of amides is 1. The van der Waals surface area contributed by atoms with E-state index in [4.69, 9.17) is 9.72 Å². The van der Waals surface area contributed by atoms with Crippen molar-refractivity contribution in [2.45, 2.75) is 59.0 Å². The number of carbonyl (C=O) groups is 2. The molecule has 0 radical (unpaired) electrons. The van der Waals surface area contributed by atoms with Crippen LogP contribution in [0.25, 0.3) is 10.9 Å². The van der Waals surface area contributed by atoms with E-state index in [9.17, 15) is 9.59 Å². The normalized spacial score (nSPS) is 14.6. The standard InChI is InChI=1S/C24H28N4O3/c1-14-22(15(2)28(4)27-14)26-23(29)16(3)31-24(30)21-17-10-6-5-7-12-19(17)25-20-13-9-8-11-18(20)21/h8-9,11,13,16H,5-7,10,12H2,1-4H3,(H,26,29)/t16-/m1/s1. The highest BCUT2D eigenvalue weighted by atomic mass is 16.5.